The van der Waals surface area contributed by atoms with Gasteiger partial charge in [0.25, 0.3) is 5.91 Å². The van der Waals surface area contributed by atoms with Gasteiger partial charge in [-0.15, -0.1) is 0 Å². The molecule has 0 unspecified atom stereocenters. The molecule has 12 heteroatoms. The van der Waals surface area contributed by atoms with Crippen molar-refractivity contribution in [1.29, 1.82) is 0 Å². The summed E-state index contributed by atoms with van der Waals surface area (Å²) in [5.74, 6) is 0.339. The van der Waals surface area contributed by atoms with E-state index in [-0.39, 0.29) is 29.5 Å². The first-order valence-corrected chi connectivity index (χ1v) is 15.4. The van der Waals surface area contributed by atoms with Crippen LogP contribution in [0.2, 0.25) is 0 Å². The third-order valence-corrected chi connectivity index (χ3v) is 10.4. The molecule has 1 saturated heterocycles. The van der Waals surface area contributed by atoms with Crippen molar-refractivity contribution in [2.45, 2.75) is 25.2 Å². The standard InChI is InChI=1S/C25H36N4O6S2/c1-4-28(5-2)37(33,34)24-13-7-21(8-14-24)25(30)26-15-6-20-36(31,32)29-18-16-27(17-19-29)22-9-11-23(35-3)12-10-22/h7-14H,4-6,15-20H2,1-3H3,(H,26,30). The van der Waals surface area contributed by atoms with Crippen LogP contribution in [0.5, 0.6) is 5.75 Å². The highest BCUT2D eigenvalue weighted by molar-refractivity contribution is 7.89. The summed E-state index contributed by atoms with van der Waals surface area (Å²) in [6.07, 6.45) is 0.279. The molecule has 2 aromatic carbocycles. The molecular weight excluding hydrogens is 516 g/mol. The number of nitrogens with zero attached hydrogens (tertiary/aromatic N) is 3. The number of ether oxygens (including phenoxy) is 1. The minimum absolute atomic E-state index is 0.0587. The number of hydrogen-bond acceptors (Lipinski definition) is 7. The first-order valence-electron chi connectivity index (χ1n) is 12.4. The second-order valence-corrected chi connectivity index (χ2v) is 12.6. The summed E-state index contributed by atoms with van der Waals surface area (Å²) in [5, 5.41) is 2.72. The Labute approximate surface area is 220 Å². The van der Waals surface area contributed by atoms with E-state index in [1.54, 1.807) is 21.0 Å². The van der Waals surface area contributed by atoms with Crippen LogP contribution in [0, 0.1) is 0 Å². The van der Waals surface area contributed by atoms with Crippen molar-refractivity contribution >= 4 is 31.6 Å². The fourth-order valence-electron chi connectivity index (χ4n) is 4.20. The summed E-state index contributed by atoms with van der Waals surface area (Å²) in [7, 11) is -5.41. The van der Waals surface area contributed by atoms with Gasteiger partial charge < -0.3 is 15.0 Å². The van der Waals surface area contributed by atoms with E-state index in [2.05, 4.69) is 10.2 Å². The monoisotopic (exact) mass is 552 g/mol. The molecule has 1 heterocycles. The first kappa shape index (κ1) is 28.9. The van der Waals surface area contributed by atoms with Crippen LogP contribution in [0.3, 0.4) is 0 Å². The zero-order valence-electron chi connectivity index (χ0n) is 21.6. The molecular formula is C25H36N4O6S2. The molecule has 0 aliphatic carbocycles. The summed E-state index contributed by atoms with van der Waals surface area (Å²) in [6, 6.07) is 13.4. The number of amides is 1. The van der Waals surface area contributed by atoms with E-state index in [0.29, 0.717) is 44.8 Å². The Hall–Kier alpha value is -2.67. The van der Waals surface area contributed by atoms with Crippen LogP contribution in [0.4, 0.5) is 5.69 Å². The van der Waals surface area contributed by atoms with Crippen molar-refractivity contribution in [2.75, 3.05) is 63.6 Å². The third kappa shape index (κ3) is 7.22. The van der Waals surface area contributed by atoms with Crippen LogP contribution in [0.25, 0.3) is 0 Å². The van der Waals surface area contributed by atoms with Crippen molar-refractivity contribution in [1.82, 2.24) is 13.9 Å². The highest BCUT2D eigenvalue weighted by Crippen LogP contribution is 2.21. The summed E-state index contributed by atoms with van der Waals surface area (Å²) >= 11 is 0. The van der Waals surface area contributed by atoms with Gasteiger partial charge in [0.1, 0.15) is 5.75 Å². The van der Waals surface area contributed by atoms with Gasteiger partial charge in [-0.1, -0.05) is 13.8 Å². The molecule has 10 nitrogen and oxygen atoms in total. The van der Waals surface area contributed by atoms with E-state index < -0.39 is 20.0 Å². The Morgan fingerprint density at radius 1 is 0.919 bits per heavy atom. The van der Waals surface area contributed by atoms with Gasteiger partial charge in [-0.3, -0.25) is 4.79 Å². The predicted molar refractivity (Wildman–Crippen MR) is 144 cm³/mol. The van der Waals surface area contributed by atoms with Gasteiger partial charge in [0.15, 0.2) is 0 Å². The maximum Gasteiger partial charge on any atom is 0.251 e. The first-order chi connectivity index (χ1) is 17.6. The van der Waals surface area contributed by atoms with E-state index in [9.17, 15) is 21.6 Å². The van der Waals surface area contributed by atoms with Gasteiger partial charge in [0.05, 0.1) is 17.8 Å². The predicted octanol–water partition coefficient (Wildman–Crippen LogP) is 2.00. The number of hydrogen-bond donors (Lipinski definition) is 1. The number of carbonyl (C=O) groups is 1. The molecule has 0 atom stereocenters. The smallest absolute Gasteiger partial charge is 0.251 e. The highest BCUT2D eigenvalue weighted by atomic mass is 32.2. The van der Waals surface area contributed by atoms with Crippen LogP contribution in [0.15, 0.2) is 53.4 Å². The minimum Gasteiger partial charge on any atom is -0.497 e. The van der Waals surface area contributed by atoms with Crippen LogP contribution >= 0.6 is 0 Å². The number of rotatable bonds is 12. The molecule has 1 fully saturated rings. The molecule has 0 radical (unpaired) electrons. The van der Waals surface area contributed by atoms with E-state index in [1.807, 2.05) is 24.3 Å². The third-order valence-electron chi connectivity index (χ3n) is 6.39. The van der Waals surface area contributed by atoms with Crippen molar-refractivity contribution in [3.8, 4) is 5.75 Å². The lowest BCUT2D eigenvalue weighted by Crippen LogP contribution is -2.49. The van der Waals surface area contributed by atoms with Crippen molar-refractivity contribution < 1.29 is 26.4 Å². The second-order valence-electron chi connectivity index (χ2n) is 8.62. The number of benzene rings is 2. The average molecular weight is 553 g/mol. The van der Waals surface area contributed by atoms with Crippen LogP contribution in [0.1, 0.15) is 30.6 Å². The summed E-state index contributed by atoms with van der Waals surface area (Å²) in [4.78, 5) is 14.7. The van der Waals surface area contributed by atoms with Crippen LogP contribution < -0.4 is 15.0 Å². The zero-order valence-corrected chi connectivity index (χ0v) is 23.2. The molecule has 1 N–H and O–H groups in total. The number of methoxy groups -OCH3 is 1. The fraction of sp³-hybridized carbons (Fsp3) is 0.480. The Kier molecular flexibility index (Phi) is 9.93. The van der Waals surface area contributed by atoms with Crippen LogP contribution in [-0.4, -0.2) is 90.0 Å². The average Bonchev–Trinajstić information content (AvgIpc) is 2.91. The zero-order chi connectivity index (χ0) is 27.1. The Morgan fingerprint density at radius 2 is 1.51 bits per heavy atom. The maximum absolute atomic E-state index is 12.8. The molecule has 0 saturated carbocycles. The number of anilines is 1. The molecule has 0 spiro atoms. The topological polar surface area (TPSA) is 116 Å². The Bertz CT molecular complexity index is 1240. The normalized spacial score (nSPS) is 15.1. The van der Waals surface area contributed by atoms with Gasteiger partial charge in [-0.2, -0.15) is 8.61 Å². The quantitative estimate of drug-likeness (QED) is 0.401. The molecule has 1 amide bonds. The lowest BCUT2D eigenvalue weighted by molar-refractivity contribution is 0.0953. The molecule has 1 aliphatic rings. The van der Waals surface area contributed by atoms with Crippen molar-refractivity contribution in [2.24, 2.45) is 0 Å². The summed E-state index contributed by atoms with van der Waals surface area (Å²) < 4.78 is 58.8. The fourth-order valence-corrected chi connectivity index (χ4v) is 7.14. The number of nitrogens with one attached hydrogen (secondary N) is 1. The lowest BCUT2D eigenvalue weighted by atomic mass is 10.2. The largest absolute Gasteiger partial charge is 0.497 e. The SMILES string of the molecule is CCN(CC)S(=O)(=O)c1ccc(C(=O)NCCCS(=O)(=O)N2CCN(c3ccc(OC)cc3)CC2)cc1. The van der Waals surface area contributed by atoms with Crippen molar-refractivity contribution in [3.05, 3.63) is 54.1 Å². The Balaban J connectivity index is 1.45. The van der Waals surface area contributed by atoms with Gasteiger partial charge in [-0.25, -0.2) is 16.8 Å². The molecule has 0 aromatic heterocycles. The van der Waals surface area contributed by atoms with Gasteiger partial charge in [0.2, 0.25) is 20.0 Å². The molecule has 1 aliphatic heterocycles. The number of piperazine rings is 1. The maximum atomic E-state index is 12.8. The van der Waals surface area contributed by atoms with Gasteiger partial charge in [-0.05, 0) is 55.0 Å². The molecule has 3 rings (SSSR count). The highest BCUT2D eigenvalue weighted by Gasteiger charge is 2.27. The van der Waals surface area contributed by atoms with Crippen LogP contribution in [-0.2, 0) is 20.0 Å². The summed E-state index contributed by atoms with van der Waals surface area (Å²) in [5.41, 5.74) is 1.34. The molecule has 0 bridgehead atoms. The number of sulfonamides is 2. The van der Waals surface area contributed by atoms with E-state index in [0.717, 1.165) is 11.4 Å². The Morgan fingerprint density at radius 3 is 2.05 bits per heavy atom. The second kappa shape index (κ2) is 12.7. The lowest BCUT2D eigenvalue weighted by Gasteiger charge is -2.35. The van der Waals surface area contributed by atoms with Crippen molar-refractivity contribution in [3.63, 3.8) is 0 Å². The van der Waals surface area contributed by atoms with E-state index >= 15 is 0 Å². The van der Waals surface area contributed by atoms with E-state index in [1.165, 1.54) is 32.9 Å². The van der Waals surface area contributed by atoms with Gasteiger partial charge in [0, 0.05) is 57.1 Å². The molecule has 37 heavy (non-hydrogen) atoms. The molecule has 2 aromatic rings. The van der Waals surface area contributed by atoms with Gasteiger partial charge >= 0.3 is 0 Å². The molecule has 204 valence electrons. The summed E-state index contributed by atoms with van der Waals surface area (Å²) in [6.45, 7) is 6.47. The minimum atomic E-state index is -3.59. The van der Waals surface area contributed by atoms with E-state index in [4.69, 9.17) is 4.74 Å². The number of carbonyl (C=O) groups excluding carboxylic acids is 1.